The molecule has 0 radical (unpaired) electrons. The van der Waals surface area contributed by atoms with E-state index in [1.54, 1.807) is 0 Å². The molecule has 80 valence electrons. The summed E-state index contributed by atoms with van der Waals surface area (Å²) in [5.74, 6) is 5.56. The fraction of sp³-hybridized carbons (Fsp3) is 0.100. The van der Waals surface area contributed by atoms with Gasteiger partial charge in [-0.1, -0.05) is 39.6 Å². The number of hydrogen-bond donors (Lipinski definition) is 2. The van der Waals surface area contributed by atoms with Crippen LogP contribution in [-0.2, 0) is 4.79 Å². The zero-order valence-corrected chi connectivity index (χ0v) is 9.41. The molecule has 1 unspecified atom stereocenters. The molecular weight excluding hydrogens is 209 g/mol. The highest BCUT2D eigenvalue weighted by atomic mass is 31.0. The van der Waals surface area contributed by atoms with E-state index in [4.69, 9.17) is 11.6 Å². The molecule has 1 rings (SSSR count). The summed E-state index contributed by atoms with van der Waals surface area (Å²) >= 11 is 0. The number of hydrogen-bond acceptors (Lipinski definition) is 4. The van der Waals surface area contributed by atoms with Gasteiger partial charge in [0.15, 0.2) is 5.52 Å². The molecule has 0 saturated heterocycles. The van der Waals surface area contributed by atoms with Gasteiger partial charge in [0.1, 0.15) is 0 Å². The Bertz CT molecular complexity index is 364. The van der Waals surface area contributed by atoms with Gasteiger partial charge in [-0.25, -0.2) is 5.84 Å². The van der Waals surface area contributed by atoms with E-state index in [9.17, 15) is 4.79 Å². The maximum Gasteiger partial charge on any atom is 0.168 e. The van der Waals surface area contributed by atoms with Crippen molar-refractivity contribution in [3.8, 4) is 0 Å². The summed E-state index contributed by atoms with van der Waals surface area (Å²) in [5.41, 5.74) is 7.12. The number of carbonyl (C=O) groups excluding carboxylic acids is 1. The second-order valence-electron chi connectivity index (χ2n) is 3.09. The predicted molar refractivity (Wildman–Crippen MR) is 64.2 cm³/mol. The van der Waals surface area contributed by atoms with Crippen LogP contribution in [0.3, 0.4) is 0 Å². The number of nitrogens with zero attached hydrogens (tertiary/aromatic N) is 1. The summed E-state index contributed by atoms with van der Waals surface area (Å²) in [6.45, 7) is 0.123. The van der Waals surface area contributed by atoms with Crippen LogP contribution < -0.4 is 11.6 Å². The van der Waals surface area contributed by atoms with Gasteiger partial charge >= 0.3 is 0 Å². The molecule has 0 spiro atoms. The maximum atomic E-state index is 10.7. The molecule has 0 aliphatic carbocycles. The van der Waals surface area contributed by atoms with Gasteiger partial charge in [-0.15, -0.1) is 0 Å². The monoisotopic (exact) mass is 223 g/mol. The molecule has 0 bridgehead atoms. The number of hydrazine groups is 1. The van der Waals surface area contributed by atoms with E-state index in [0.717, 1.165) is 5.56 Å². The van der Waals surface area contributed by atoms with E-state index in [1.807, 2.05) is 30.3 Å². The van der Waals surface area contributed by atoms with E-state index in [0.29, 0.717) is 5.70 Å². The van der Waals surface area contributed by atoms with Crippen molar-refractivity contribution in [2.24, 2.45) is 11.6 Å². The molecule has 0 heterocycles. The van der Waals surface area contributed by atoms with E-state index >= 15 is 0 Å². The lowest BCUT2D eigenvalue weighted by molar-refractivity contribution is -0.111. The maximum absolute atomic E-state index is 10.7. The summed E-state index contributed by atoms with van der Waals surface area (Å²) in [7, 11) is 2.06. The van der Waals surface area contributed by atoms with Crippen LogP contribution in [0.15, 0.2) is 36.5 Å². The van der Waals surface area contributed by atoms with E-state index in [-0.39, 0.29) is 12.1 Å². The van der Waals surface area contributed by atoms with Crippen LogP contribution in [-0.4, -0.2) is 17.1 Å². The summed E-state index contributed by atoms with van der Waals surface area (Å²) in [6, 6.07) is 9.43. The second-order valence-corrected chi connectivity index (χ2v) is 3.73. The first-order valence-corrected chi connectivity index (χ1v) is 4.99. The van der Waals surface area contributed by atoms with E-state index in [1.165, 1.54) is 11.2 Å². The standard InChI is InChI=1S/C10H14N3OP/c11-9(6-13(12)7-10(14)15)8-4-2-1-3-5-8/h1-6H,7,11-12,15H2/b9-6-. The van der Waals surface area contributed by atoms with Crippen molar-refractivity contribution in [2.75, 3.05) is 6.54 Å². The molecule has 1 aromatic rings. The van der Waals surface area contributed by atoms with E-state index in [2.05, 4.69) is 9.24 Å². The Labute approximate surface area is 91.1 Å². The molecule has 4 N–H and O–H groups in total. The molecule has 5 heteroatoms. The van der Waals surface area contributed by atoms with Gasteiger partial charge in [-0.05, 0) is 5.56 Å². The number of nitrogens with two attached hydrogens (primary N) is 2. The van der Waals surface area contributed by atoms with Gasteiger partial charge in [0.2, 0.25) is 0 Å². The summed E-state index contributed by atoms with van der Waals surface area (Å²) < 4.78 is 0. The van der Waals surface area contributed by atoms with Crippen molar-refractivity contribution in [3.05, 3.63) is 42.1 Å². The Morgan fingerprint density at radius 1 is 1.40 bits per heavy atom. The number of rotatable bonds is 4. The normalized spacial score (nSPS) is 11.2. The molecule has 0 amide bonds. The van der Waals surface area contributed by atoms with Gasteiger partial charge in [0.05, 0.1) is 12.2 Å². The average molecular weight is 223 g/mol. The fourth-order valence-corrected chi connectivity index (χ4v) is 1.32. The van der Waals surface area contributed by atoms with Crippen LogP contribution in [0.5, 0.6) is 0 Å². The van der Waals surface area contributed by atoms with Crippen molar-refractivity contribution in [2.45, 2.75) is 0 Å². The molecule has 0 aliphatic heterocycles. The zero-order valence-electron chi connectivity index (χ0n) is 8.26. The van der Waals surface area contributed by atoms with Gasteiger partial charge in [-0.2, -0.15) is 0 Å². The van der Waals surface area contributed by atoms with Crippen molar-refractivity contribution >= 4 is 20.5 Å². The minimum absolute atomic E-state index is 0.0883. The second kappa shape index (κ2) is 5.49. The predicted octanol–water partition coefficient (Wildman–Crippen LogP) is 0.521. The average Bonchev–Trinajstić information content (AvgIpc) is 2.17. The first kappa shape index (κ1) is 11.7. The van der Waals surface area contributed by atoms with E-state index < -0.39 is 0 Å². The van der Waals surface area contributed by atoms with Gasteiger partial charge in [0, 0.05) is 6.20 Å². The Morgan fingerprint density at radius 3 is 2.53 bits per heavy atom. The van der Waals surface area contributed by atoms with Crippen LogP contribution in [0, 0.1) is 0 Å². The zero-order chi connectivity index (χ0) is 11.3. The first-order chi connectivity index (χ1) is 7.09. The van der Waals surface area contributed by atoms with Gasteiger partial charge in [0.25, 0.3) is 0 Å². The first-order valence-electron chi connectivity index (χ1n) is 4.42. The van der Waals surface area contributed by atoms with Crippen molar-refractivity contribution in [1.82, 2.24) is 5.01 Å². The molecule has 0 fully saturated rings. The Morgan fingerprint density at radius 2 is 2.00 bits per heavy atom. The summed E-state index contributed by atoms with van der Waals surface area (Å²) in [6.07, 6.45) is 1.54. The lowest BCUT2D eigenvalue weighted by atomic mass is 10.2. The van der Waals surface area contributed by atoms with Crippen LogP contribution in [0.25, 0.3) is 5.70 Å². The Balaban J connectivity index is 2.71. The van der Waals surface area contributed by atoms with Crippen molar-refractivity contribution in [3.63, 3.8) is 0 Å². The lowest BCUT2D eigenvalue weighted by Crippen LogP contribution is -2.30. The lowest BCUT2D eigenvalue weighted by Gasteiger charge is -2.12. The van der Waals surface area contributed by atoms with Gasteiger partial charge < -0.3 is 10.7 Å². The largest absolute Gasteiger partial charge is 0.397 e. The van der Waals surface area contributed by atoms with Crippen LogP contribution in [0.2, 0.25) is 0 Å². The third-order valence-electron chi connectivity index (χ3n) is 1.75. The van der Waals surface area contributed by atoms with Crippen molar-refractivity contribution < 1.29 is 4.79 Å². The molecule has 0 aliphatic rings. The number of carbonyl (C=O) groups is 1. The molecule has 0 saturated carbocycles. The molecule has 1 aromatic carbocycles. The Hall–Kier alpha value is -1.38. The molecule has 1 atom stereocenters. The van der Waals surface area contributed by atoms with Crippen LogP contribution >= 0.6 is 9.24 Å². The quantitative estimate of drug-likeness (QED) is 0.443. The number of benzene rings is 1. The summed E-state index contributed by atoms with van der Waals surface area (Å²) in [4.78, 5) is 10.7. The van der Waals surface area contributed by atoms with Gasteiger partial charge in [-0.3, -0.25) is 4.79 Å². The highest BCUT2D eigenvalue weighted by Gasteiger charge is 2.00. The SMILES string of the molecule is N/C(=C\N(N)CC(=O)P)c1ccccc1. The minimum Gasteiger partial charge on any atom is -0.397 e. The topological polar surface area (TPSA) is 72.3 Å². The molecule has 0 aromatic heterocycles. The third-order valence-corrected chi connectivity index (χ3v) is 1.93. The fourth-order valence-electron chi connectivity index (χ4n) is 1.11. The summed E-state index contributed by atoms with van der Waals surface area (Å²) in [5, 5.41) is 1.26. The highest BCUT2D eigenvalue weighted by molar-refractivity contribution is 7.40. The van der Waals surface area contributed by atoms with Crippen molar-refractivity contribution in [1.29, 1.82) is 0 Å². The minimum atomic E-state index is -0.0883. The smallest absolute Gasteiger partial charge is 0.168 e. The highest BCUT2D eigenvalue weighted by Crippen LogP contribution is 2.07. The third kappa shape index (κ3) is 4.11. The molecule has 4 nitrogen and oxygen atoms in total. The van der Waals surface area contributed by atoms with Crippen LogP contribution in [0.4, 0.5) is 0 Å². The molecule has 15 heavy (non-hydrogen) atoms. The van der Waals surface area contributed by atoms with Crippen LogP contribution in [0.1, 0.15) is 5.56 Å². The molecular formula is C10H14N3OP. The Kier molecular flexibility index (Phi) is 4.28.